The Morgan fingerprint density at radius 2 is 1.82 bits per heavy atom. The van der Waals surface area contributed by atoms with E-state index in [-0.39, 0.29) is 5.41 Å². The van der Waals surface area contributed by atoms with Crippen molar-refractivity contribution in [2.45, 2.75) is 58.3 Å². The molecule has 0 unspecified atom stereocenters. The van der Waals surface area contributed by atoms with Gasteiger partial charge in [0.05, 0.1) is 5.41 Å². The molecule has 0 spiro atoms. The number of rotatable bonds is 3. The van der Waals surface area contributed by atoms with E-state index in [1.165, 1.54) is 51.4 Å². The van der Waals surface area contributed by atoms with Crippen molar-refractivity contribution < 1.29 is 4.79 Å². The van der Waals surface area contributed by atoms with Gasteiger partial charge in [-0.1, -0.05) is 19.8 Å². The van der Waals surface area contributed by atoms with E-state index in [2.05, 4.69) is 11.8 Å². The van der Waals surface area contributed by atoms with Crippen LogP contribution in [0.5, 0.6) is 0 Å². The second-order valence-electron chi connectivity index (χ2n) is 6.43. The van der Waals surface area contributed by atoms with Crippen molar-refractivity contribution in [1.82, 2.24) is 4.90 Å². The third-order valence-electron chi connectivity index (χ3n) is 5.51. The Labute approximate surface area is 105 Å². The molecule has 1 aliphatic heterocycles. The van der Waals surface area contributed by atoms with Gasteiger partial charge in [0.15, 0.2) is 0 Å². The van der Waals surface area contributed by atoms with E-state index < -0.39 is 0 Å². The first-order valence-electron chi connectivity index (χ1n) is 7.55. The smallest absolute Gasteiger partial charge is 0.229 e. The highest BCUT2D eigenvalue weighted by Gasteiger charge is 2.55. The first kappa shape index (κ1) is 11.6. The first-order chi connectivity index (χ1) is 8.26. The Kier molecular flexibility index (Phi) is 2.92. The number of carbonyl (C=O) groups is 1. The van der Waals surface area contributed by atoms with Crippen molar-refractivity contribution in [3.8, 4) is 0 Å². The predicted molar refractivity (Wildman–Crippen MR) is 68.6 cm³/mol. The number of piperidine rings is 1. The van der Waals surface area contributed by atoms with Gasteiger partial charge in [0, 0.05) is 13.1 Å². The second kappa shape index (κ2) is 4.29. The van der Waals surface area contributed by atoms with E-state index >= 15 is 0 Å². The quantitative estimate of drug-likeness (QED) is 0.735. The number of amides is 1. The molecule has 96 valence electrons. The Hall–Kier alpha value is -0.530. The van der Waals surface area contributed by atoms with Crippen molar-refractivity contribution in [1.29, 1.82) is 0 Å². The fourth-order valence-electron chi connectivity index (χ4n) is 3.85. The predicted octanol–water partition coefficient (Wildman–Crippen LogP) is 3.22. The lowest BCUT2D eigenvalue weighted by molar-refractivity contribution is -0.151. The molecular formula is C15H25NO. The molecule has 1 amide bonds. The van der Waals surface area contributed by atoms with Crippen molar-refractivity contribution in [3.63, 3.8) is 0 Å². The van der Waals surface area contributed by atoms with Crippen LogP contribution in [0.3, 0.4) is 0 Å². The number of carbonyl (C=O) groups excluding carboxylic acids is 1. The third kappa shape index (κ3) is 1.90. The van der Waals surface area contributed by atoms with Gasteiger partial charge < -0.3 is 4.90 Å². The van der Waals surface area contributed by atoms with E-state index in [0.29, 0.717) is 5.91 Å². The molecule has 0 N–H and O–H groups in total. The molecule has 17 heavy (non-hydrogen) atoms. The lowest BCUT2D eigenvalue weighted by Crippen LogP contribution is -2.51. The normalized spacial score (nSPS) is 28.9. The lowest BCUT2D eigenvalue weighted by Gasteiger charge is -2.45. The molecule has 3 fully saturated rings. The monoisotopic (exact) mass is 235 g/mol. The molecule has 2 aliphatic carbocycles. The number of likely N-dealkylation sites (tertiary alicyclic amines) is 1. The summed E-state index contributed by atoms with van der Waals surface area (Å²) >= 11 is 0. The number of hydrogen-bond donors (Lipinski definition) is 0. The highest BCUT2D eigenvalue weighted by atomic mass is 16.2. The van der Waals surface area contributed by atoms with Gasteiger partial charge in [0.1, 0.15) is 0 Å². The maximum absolute atomic E-state index is 12.7. The summed E-state index contributed by atoms with van der Waals surface area (Å²) in [4.78, 5) is 14.9. The van der Waals surface area contributed by atoms with Crippen LogP contribution in [0.1, 0.15) is 58.3 Å². The van der Waals surface area contributed by atoms with Gasteiger partial charge in [-0.2, -0.15) is 0 Å². The zero-order chi connectivity index (χ0) is 11.9. The van der Waals surface area contributed by atoms with Crippen molar-refractivity contribution in [3.05, 3.63) is 0 Å². The van der Waals surface area contributed by atoms with E-state index in [1.807, 2.05) is 0 Å². The third-order valence-corrected chi connectivity index (χ3v) is 5.51. The minimum absolute atomic E-state index is 0.124. The summed E-state index contributed by atoms with van der Waals surface area (Å²) in [6.45, 7) is 4.34. The molecule has 3 rings (SSSR count). The van der Waals surface area contributed by atoms with Crippen LogP contribution in [0.2, 0.25) is 0 Å². The molecule has 3 aliphatic rings. The van der Waals surface area contributed by atoms with Crippen molar-refractivity contribution >= 4 is 5.91 Å². The minimum Gasteiger partial charge on any atom is -0.342 e. The maximum atomic E-state index is 12.7. The Bertz CT molecular complexity index is 296. The molecule has 0 radical (unpaired) electrons. The molecule has 2 heteroatoms. The van der Waals surface area contributed by atoms with Crippen LogP contribution in [-0.2, 0) is 4.79 Å². The standard InChI is InChI=1S/C15H25NO/c1-2-12-6-10-16(11-7-12)14(17)15(8-3-9-15)13-4-5-13/h12-13H,2-11H2,1H3. The van der Waals surface area contributed by atoms with Crippen LogP contribution in [0, 0.1) is 17.3 Å². The summed E-state index contributed by atoms with van der Waals surface area (Å²) in [5.41, 5.74) is 0.124. The first-order valence-corrected chi connectivity index (χ1v) is 7.55. The number of nitrogens with zero attached hydrogens (tertiary/aromatic N) is 1. The van der Waals surface area contributed by atoms with Crippen LogP contribution in [-0.4, -0.2) is 23.9 Å². The topological polar surface area (TPSA) is 20.3 Å². The van der Waals surface area contributed by atoms with Gasteiger partial charge in [0.2, 0.25) is 5.91 Å². The zero-order valence-corrected chi connectivity index (χ0v) is 11.1. The lowest BCUT2D eigenvalue weighted by atomic mass is 9.64. The number of hydrogen-bond acceptors (Lipinski definition) is 1. The average Bonchev–Trinajstić information content (AvgIpc) is 3.12. The van der Waals surface area contributed by atoms with E-state index in [9.17, 15) is 4.79 Å². The van der Waals surface area contributed by atoms with Crippen molar-refractivity contribution in [2.75, 3.05) is 13.1 Å². The Balaban J connectivity index is 1.62. The van der Waals surface area contributed by atoms with Crippen LogP contribution >= 0.6 is 0 Å². The van der Waals surface area contributed by atoms with E-state index in [0.717, 1.165) is 24.9 Å². The minimum atomic E-state index is 0.124. The summed E-state index contributed by atoms with van der Waals surface area (Å²) in [6.07, 6.45) is 10.1. The molecule has 0 aromatic heterocycles. The molecule has 1 saturated heterocycles. The van der Waals surface area contributed by atoms with Crippen LogP contribution < -0.4 is 0 Å². The molecule has 0 aromatic rings. The SMILES string of the molecule is CCC1CCN(C(=O)C2(C3CC3)CCC2)CC1. The van der Waals surface area contributed by atoms with Gasteiger partial charge in [-0.3, -0.25) is 4.79 Å². The van der Waals surface area contributed by atoms with Gasteiger partial charge in [0.25, 0.3) is 0 Å². The van der Waals surface area contributed by atoms with Gasteiger partial charge in [-0.05, 0) is 50.4 Å². The summed E-state index contributed by atoms with van der Waals surface area (Å²) in [7, 11) is 0. The summed E-state index contributed by atoms with van der Waals surface area (Å²) in [5.74, 6) is 2.16. The van der Waals surface area contributed by atoms with Gasteiger partial charge in [-0.15, -0.1) is 0 Å². The van der Waals surface area contributed by atoms with Crippen LogP contribution in [0.4, 0.5) is 0 Å². The van der Waals surface area contributed by atoms with Crippen molar-refractivity contribution in [2.24, 2.45) is 17.3 Å². The average molecular weight is 235 g/mol. The largest absolute Gasteiger partial charge is 0.342 e. The molecule has 1 heterocycles. The highest BCUT2D eigenvalue weighted by molar-refractivity contribution is 5.84. The molecule has 0 aromatic carbocycles. The van der Waals surface area contributed by atoms with E-state index in [1.54, 1.807) is 0 Å². The van der Waals surface area contributed by atoms with E-state index in [4.69, 9.17) is 0 Å². The molecule has 0 atom stereocenters. The molecular weight excluding hydrogens is 210 g/mol. The molecule has 0 bridgehead atoms. The molecule has 2 nitrogen and oxygen atoms in total. The van der Waals surface area contributed by atoms with Gasteiger partial charge in [-0.25, -0.2) is 0 Å². The fraction of sp³-hybridized carbons (Fsp3) is 0.933. The Morgan fingerprint density at radius 1 is 1.18 bits per heavy atom. The van der Waals surface area contributed by atoms with Crippen LogP contribution in [0.15, 0.2) is 0 Å². The van der Waals surface area contributed by atoms with Crippen LogP contribution in [0.25, 0.3) is 0 Å². The Morgan fingerprint density at radius 3 is 2.24 bits per heavy atom. The summed E-state index contributed by atoms with van der Waals surface area (Å²) in [5, 5.41) is 0. The summed E-state index contributed by atoms with van der Waals surface area (Å²) < 4.78 is 0. The highest BCUT2D eigenvalue weighted by Crippen LogP contribution is 2.58. The fourth-order valence-corrected chi connectivity index (χ4v) is 3.85. The maximum Gasteiger partial charge on any atom is 0.229 e. The second-order valence-corrected chi connectivity index (χ2v) is 6.43. The van der Waals surface area contributed by atoms with Gasteiger partial charge >= 0.3 is 0 Å². The summed E-state index contributed by atoms with van der Waals surface area (Å²) in [6, 6.07) is 0. The molecule has 2 saturated carbocycles. The zero-order valence-electron chi connectivity index (χ0n) is 11.1.